The molecule has 1 heteroatoms. The van der Waals surface area contributed by atoms with Crippen molar-refractivity contribution in [3.63, 3.8) is 0 Å². The van der Waals surface area contributed by atoms with E-state index in [0.29, 0.717) is 5.92 Å². The Morgan fingerprint density at radius 1 is 0.848 bits per heavy atom. The van der Waals surface area contributed by atoms with Crippen LogP contribution < -0.4 is 4.90 Å². The van der Waals surface area contributed by atoms with Gasteiger partial charge in [0.2, 0.25) is 0 Å². The average Bonchev–Trinajstić information content (AvgIpc) is 3.07. The Hall–Kier alpha value is -4.36. The molecule has 3 aromatic carbocycles. The molecule has 0 radical (unpaired) electrons. The number of hydrogen-bond donors (Lipinski definition) is 0. The highest BCUT2D eigenvalue weighted by molar-refractivity contribution is 5.88. The predicted molar refractivity (Wildman–Crippen MR) is 200 cm³/mol. The predicted octanol–water partition coefficient (Wildman–Crippen LogP) is 12.2. The molecule has 0 aliphatic heterocycles. The van der Waals surface area contributed by atoms with E-state index in [9.17, 15) is 0 Å². The Labute approximate surface area is 277 Å². The molecule has 0 heterocycles. The van der Waals surface area contributed by atoms with Crippen molar-refractivity contribution in [2.75, 3.05) is 4.90 Å². The van der Waals surface area contributed by atoms with Crippen LogP contribution in [0.4, 0.5) is 5.69 Å². The van der Waals surface area contributed by atoms with E-state index < -0.39 is 0 Å². The van der Waals surface area contributed by atoms with E-state index in [-0.39, 0.29) is 12.0 Å². The zero-order valence-corrected chi connectivity index (χ0v) is 28.6. The quantitative estimate of drug-likeness (QED) is 0.232. The molecule has 0 saturated carbocycles. The number of nitrogens with zero attached hydrogens (tertiary/aromatic N) is 1. The fourth-order valence-electron chi connectivity index (χ4n) is 7.38. The molecule has 0 N–H and O–H groups in total. The number of benzene rings is 3. The van der Waals surface area contributed by atoms with E-state index in [0.717, 1.165) is 25.7 Å². The van der Waals surface area contributed by atoms with Gasteiger partial charge in [0.05, 0.1) is 11.7 Å². The second kappa shape index (κ2) is 14.0. The van der Waals surface area contributed by atoms with Crippen molar-refractivity contribution in [1.82, 2.24) is 0 Å². The normalized spacial score (nSPS) is 21.0. The summed E-state index contributed by atoms with van der Waals surface area (Å²) in [5, 5.41) is 0. The molecular formula is C45H49N. The van der Waals surface area contributed by atoms with Crippen LogP contribution in [0.25, 0.3) is 11.8 Å². The SMILES string of the molecule is CCC(=C\C=C(C)C)/C(=C/c1ccc(C)cc1)C1c2ccccc2C(N(c2ccc(C)cc2)C2C=CC(C)=CC2)=C2C=CCCC21. The standard InChI is InChI=1S/C45H49N/c1-7-36(25-16-31(2)3)43(30-35-23-17-32(4)18-24-35)44-39-12-8-10-14-41(39)45(42-15-11-9-13-40(42)44)46(37-26-19-33(5)20-27-37)38-28-21-34(6)22-29-38/h8,10-12,14-28,30,38,40,44H,7,9,13,29H2,1-6H3/b36-25+,43-30-. The van der Waals surface area contributed by atoms with Crippen LogP contribution in [0.3, 0.4) is 0 Å². The van der Waals surface area contributed by atoms with Gasteiger partial charge in [-0.05, 0) is 106 Å². The van der Waals surface area contributed by atoms with Crippen molar-refractivity contribution in [3.05, 3.63) is 171 Å². The molecule has 0 aromatic heterocycles. The third kappa shape index (κ3) is 6.61. The van der Waals surface area contributed by atoms with Gasteiger partial charge in [-0.3, -0.25) is 0 Å². The highest BCUT2D eigenvalue weighted by Crippen LogP contribution is 2.53. The van der Waals surface area contributed by atoms with Crippen molar-refractivity contribution in [1.29, 1.82) is 0 Å². The summed E-state index contributed by atoms with van der Waals surface area (Å²) in [4.78, 5) is 2.65. The summed E-state index contributed by atoms with van der Waals surface area (Å²) in [5.41, 5.74) is 16.3. The van der Waals surface area contributed by atoms with Gasteiger partial charge in [-0.2, -0.15) is 0 Å². The molecule has 0 fully saturated rings. The van der Waals surface area contributed by atoms with Crippen LogP contribution in [0.15, 0.2) is 143 Å². The van der Waals surface area contributed by atoms with Crippen molar-refractivity contribution < 1.29 is 0 Å². The van der Waals surface area contributed by atoms with Crippen LogP contribution in [-0.4, -0.2) is 6.04 Å². The van der Waals surface area contributed by atoms with Crippen molar-refractivity contribution in [2.45, 2.75) is 79.2 Å². The summed E-state index contributed by atoms with van der Waals surface area (Å²) in [6.07, 6.45) is 23.4. The minimum atomic E-state index is 0.251. The number of fused-ring (bicyclic) bond motifs is 2. The molecule has 3 aliphatic carbocycles. The Bertz CT molecular complexity index is 1780. The fraction of sp³-hybridized carbons (Fsp3) is 0.289. The van der Waals surface area contributed by atoms with Crippen LogP contribution in [0.2, 0.25) is 0 Å². The van der Waals surface area contributed by atoms with E-state index in [4.69, 9.17) is 0 Å². The maximum atomic E-state index is 2.65. The number of rotatable bonds is 8. The van der Waals surface area contributed by atoms with Gasteiger partial charge in [0.1, 0.15) is 0 Å². The molecule has 3 unspecified atom stereocenters. The molecule has 3 atom stereocenters. The zero-order chi connectivity index (χ0) is 32.2. The maximum absolute atomic E-state index is 2.65. The van der Waals surface area contributed by atoms with Crippen molar-refractivity contribution in [2.24, 2.45) is 5.92 Å². The van der Waals surface area contributed by atoms with Crippen molar-refractivity contribution >= 4 is 17.5 Å². The first-order chi connectivity index (χ1) is 22.3. The zero-order valence-electron chi connectivity index (χ0n) is 28.6. The lowest BCUT2D eigenvalue weighted by Crippen LogP contribution is -2.38. The summed E-state index contributed by atoms with van der Waals surface area (Å²) in [6, 6.07) is 27.7. The molecular weight excluding hydrogens is 555 g/mol. The summed E-state index contributed by atoms with van der Waals surface area (Å²) < 4.78 is 0. The Morgan fingerprint density at radius 3 is 2.24 bits per heavy atom. The second-order valence-corrected chi connectivity index (χ2v) is 13.6. The minimum absolute atomic E-state index is 0.251. The fourth-order valence-corrected chi connectivity index (χ4v) is 7.38. The third-order valence-corrected chi connectivity index (χ3v) is 9.82. The highest BCUT2D eigenvalue weighted by atomic mass is 15.2. The van der Waals surface area contributed by atoms with Crippen LogP contribution in [0, 0.1) is 19.8 Å². The van der Waals surface area contributed by atoms with Gasteiger partial charge >= 0.3 is 0 Å². The Balaban J connectivity index is 1.60. The first kappa shape index (κ1) is 31.6. The Kier molecular flexibility index (Phi) is 9.59. The third-order valence-electron chi connectivity index (χ3n) is 9.82. The molecule has 0 saturated heterocycles. The summed E-state index contributed by atoms with van der Waals surface area (Å²) >= 11 is 0. The van der Waals surface area contributed by atoms with E-state index >= 15 is 0 Å². The largest absolute Gasteiger partial charge is 0.333 e. The summed E-state index contributed by atoms with van der Waals surface area (Å²) in [7, 11) is 0. The average molecular weight is 604 g/mol. The molecule has 0 bridgehead atoms. The van der Waals surface area contributed by atoms with E-state index in [1.54, 1.807) is 0 Å². The van der Waals surface area contributed by atoms with Gasteiger partial charge in [-0.25, -0.2) is 0 Å². The summed E-state index contributed by atoms with van der Waals surface area (Å²) in [6.45, 7) is 13.3. The minimum Gasteiger partial charge on any atom is -0.333 e. The summed E-state index contributed by atoms with van der Waals surface area (Å²) in [5.74, 6) is 0.646. The van der Waals surface area contributed by atoms with Gasteiger partial charge in [0, 0.05) is 17.2 Å². The van der Waals surface area contributed by atoms with Crippen LogP contribution in [0.1, 0.15) is 87.1 Å². The molecule has 1 nitrogen and oxygen atoms in total. The first-order valence-electron chi connectivity index (χ1n) is 17.2. The van der Waals surface area contributed by atoms with E-state index in [2.05, 4.69) is 168 Å². The first-order valence-corrected chi connectivity index (χ1v) is 17.2. The van der Waals surface area contributed by atoms with Gasteiger partial charge in [0.15, 0.2) is 0 Å². The monoisotopic (exact) mass is 603 g/mol. The van der Waals surface area contributed by atoms with Gasteiger partial charge in [-0.1, -0.05) is 138 Å². The molecule has 6 rings (SSSR count). The Morgan fingerprint density at radius 2 is 1.57 bits per heavy atom. The number of aryl methyl sites for hydroxylation is 2. The highest BCUT2D eigenvalue weighted by Gasteiger charge is 2.40. The smallest absolute Gasteiger partial charge is 0.0560 e. The molecule has 3 aromatic rings. The lowest BCUT2D eigenvalue weighted by atomic mass is 9.65. The van der Waals surface area contributed by atoms with E-state index in [1.165, 1.54) is 67.1 Å². The van der Waals surface area contributed by atoms with Gasteiger partial charge in [0.25, 0.3) is 0 Å². The molecule has 3 aliphatic rings. The number of hydrogen-bond acceptors (Lipinski definition) is 1. The topological polar surface area (TPSA) is 3.24 Å². The van der Waals surface area contributed by atoms with Gasteiger partial charge in [-0.15, -0.1) is 0 Å². The lowest BCUT2D eigenvalue weighted by molar-refractivity contribution is 0.490. The number of anilines is 1. The molecule has 46 heavy (non-hydrogen) atoms. The maximum Gasteiger partial charge on any atom is 0.0560 e. The van der Waals surface area contributed by atoms with Crippen LogP contribution in [-0.2, 0) is 0 Å². The molecule has 0 spiro atoms. The number of allylic oxidation sites excluding steroid dienone is 10. The molecule has 0 amide bonds. The van der Waals surface area contributed by atoms with E-state index in [1.807, 2.05) is 0 Å². The second-order valence-electron chi connectivity index (χ2n) is 13.6. The molecule has 234 valence electrons. The van der Waals surface area contributed by atoms with Gasteiger partial charge < -0.3 is 4.90 Å². The van der Waals surface area contributed by atoms with Crippen molar-refractivity contribution in [3.8, 4) is 0 Å². The lowest BCUT2D eigenvalue weighted by Gasteiger charge is -2.45. The van der Waals surface area contributed by atoms with Crippen LogP contribution >= 0.6 is 0 Å². The van der Waals surface area contributed by atoms with Crippen LogP contribution in [0.5, 0.6) is 0 Å².